The normalized spacial score (nSPS) is 13.6. The third-order valence-corrected chi connectivity index (χ3v) is 2.95. The van der Waals surface area contributed by atoms with E-state index >= 15 is 0 Å². The second-order valence-corrected chi connectivity index (χ2v) is 4.92. The molecule has 0 saturated carbocycles. The summed E-state index contributed by atoms with van der Waals surface area (Å²) in [5, 5.41) is 15.5. The van der Waals surface area contributed by atoms with Gasteiger partial charge >= 0.3 is 6.03 Å². The van der Waals surface area contributed by atoms with E-state index in [1.807, 2.05) is 31.2 Å². The number of furan rings is 1. The lowest BCUT2D eigenvalue weighted by molar-refractivity contribution is 0.0372. The summed E-state index contributed by atoms with van der Waals surface area (Å²) in [6.07, 6.45) is 1.48. The number of urea groups is 1. The van der Waals surface area contributed by atoms with Crippen LogP contribution in [0.3, 0.4) is 0 Å². The van der Waals surface area contributed by atoms with E-state index in [0.717, 1.165) is 5.56 Å². The van der Waals surface area contributed by atoms with Gasteiger partial charge in [0, 0.05) is 5.69 Å². The fraction of sp³-hybridized carbons (Fsp3) is 0.267. The maximum Gasteiger partial charge on any atom is 0.319 e. The topological polar surface area (TPSA) is 74.5 Å². The van der Waals surface area contributed by atoms with Crippen LogP contribution >= 0.6 is 0 Å². The molecule has 2 rings (SSSR count). The molecule has 1 heterocycles. The summed E-state index contributed by atoms with van der Waals surface area (Å²) in [6.45, 7) is 3.61. The largest absolute Gasteiger partial charge is 0.466 e. The smallest absolute Gasteiger partial charge is 0.319 e. The number of hydrogen-bond donors (Lipinski definition) is 3. The van der Waals surface area contributed by atoms with Crippen LogP contribution in [-0.4, -0.2) is 17.7 Å². The molecule has 5 nitrogen and oxygen atoms in total. The van der Waals surface area contributed by atoms with Crippen molar-refractivity contribution >= 4 is 11.7 Å². The van der Waals surface area contributed by atoms with Crippen LogP contribution in [0, 0.1) is 6.92 Å². The van der Waals surface area contributed by atoms with E-state index < -0.39 is 5.60 Å². The molecule has 0 spiro atoms. The lowest BCUT2D eigenvalue weighted by Gasteiger charge is -2.21. The van der Waals surface area contributed by atoms with Crippen molar-refractivity contribution in [1.82, 2.24) is 5.32 Å². The van der Waals surface area contributed by atoms with Gasteiger partial charge < -0.3 is 20.2 Å². The molecule has 106 valence electrons. The van der Waals surface area contributed by atoms with Gasteiger partial charge in [0.05, 0.1) is 12.8 Å². The van der Waals surface area contributed by atoms with E-state index in [0.29, 0.717) is 11.4 Å². The van der Waals surface area contributed by atoms with Crippen LogP contribution in [0.25, 0.3) is 0 Å². The number of carbonyl (C=O) groups excluding carboxylic acids is 1. The Morgan fingerprint density at radius 2 is 2.00 bits per heavy atom. The first kappa shape index (κ1) is 14.1. The number of nitrogens with one attached hydrogen (secondary N) is 2. The molecule has 2 aromatic rings. The molecule has 1 aromatic carbocycles. The first-order valence-corrected chi connectivity index (χ1v) is 6.35. The van der Waals surface area contributed by atoms with Gasteiger partial charge in [-0.25, -0.2) is 4.79 Å². The number of benzene rings is 1. The second-order valence-electron chi connectivity index (χ2n) is 4.92. The Labute approximate surface area is 117 Å². The molecule has 5 heteroatoms. The van der Waals surface area contributed by atoms with Crippen LogP contribution in [0.4, 0.5) is 10.5 Å². The highest BCUT2D eigenvalue weighted by Gasteiger charge is 2.26. The third kappa shape index (κ3) is 3.61. The zero-order valence-electron chi connectivity index (χ0n) is 11.5. The Hall–Kier alpha value is -2.27. The first-order chi connectivity index (χ1) is 9.47. The fourth-order valence-electron chi connectivity index (χ4n) is 1.74. The number of carbonyl (C=O) groups is 1. The maximum absolute atomic E-state index is 11.7. The summed E-state index contributed by atoms with van der Waals surface area (Å²) >= 11 is 0. The molecule has 0 aliphatic rings. The average Bonchev–Trinajstić information content (AvgIpc) is 2.94. The minimum Gasteiger partial charge on any atom is -0.466 e. The van der Waals surface area contributed by atoms with E-state index in [1.165, 1.54) is 6.26 Å². The van der Waals surface area contributed by atoms with Gasteiger partial charge in [-0.05, 0) is 38.1 Å². The summed E-state index contributed by atoms with van der Waals surface area (Å²) in [4.78, 5) is 11.7. The number of aryl methyl sites for hydroxylation is 1. The minimum absolute atomic E-state index is 0.0538. The van der Waals surface area contributed by atoms with E-state index in [2.05, 4.69) is 10.6 Å². The van der Waals surface area contributed by atoms with Crippen LogP contribution in [-0.2, 0) is 5.60 Å². The number of hydrogen-bond acceptors (Lipinski definition) is 3. The monoisotopic (exact) mass is 274 g/mol. The van der Waals surface area contributed by atoms with Gasteiger partial charge in [0.25, 0.3) is 0 Å². The van der Waals surface area contributed by atoms with Crippen LogP contribution < -0.4 is 10.6 Å². The molecule has 0 bridgehead atoms. The van der Waals surface area contributed by atoms with Gasteiger partial charge in [0.15, 0.2) is 0 Å². The molecule has 20 heavy (non-hydrogen) atoms. The third-order valence-electron chi connectivity index (χ3n) is 2.95. The van der Waals surface area contributed by atoms with E-state index in [4.69, 9.17) is 4.42 Å². The van der Waals surface area contributed by atoms with Gasteiger partial charge in [-0.2, -0.15) is 0 Å². The fourth-order valence-corrected chi connectivity index (χ4v) is 1.74. The maximum atomic E-state index is 11.7. The van der Waals surface area contributed by atoms with Gasteiger partial charge in [-0.3, -0.25) is 0 Å². The van der Waals surface area contributed by atoms with Crippen molar-refractivity contribution < 1.29 is 14.3 Å². The molecule has 0 aliphatic heterocycles. The zero-order valence-corrected chi connectivity index (χ0v) is 11.5. The first-order valence-electron chi connectivity index (χ1n) is 6.35. The lowest BCUT2D eigenvalue weighted by Crippen LogP contribution is -2.40. The van der Waals surface area contributed by atoms with E-state index in [-0.39, 0.29) is 12.6 Å². The number of rotatable bonds is 4. The zero-order chi connectivity index (χ0) is 14.6. The second kappa shape index (κ2) is 5.79. The van der Waals surface area contributed by atoms with Crippen LogP contribution in [0.1, 0.15) is 18.2 Å². The standard InChI is InChI=1S/C15H18N2O3/c1-11-5-7-12(8-6-11)17-14(18)16-10-15(2,19)13-4-3-9-20-13/h3-9,19H,10H2,1-2H3,(H2,16,17,18). The molecule has 0 saturated heterocycles. The molecule has 0 radical (unpaired) electrons. The molecular formula is C15H18N2O3. The van der Waals surface area contributed by atoms with Crippen molar-refractivity contribution in [2.24, 2.45) is 0 Å². The van der Waals surface area contributed by atoms with Gasteiger partial charge in [0.2, 0.25) is 0 Å². The van der Waals surface area contributed by atoms with Crippen molar-refractivity contribution in [2.45, 2.75) is 19.4 Å². The van der Waals surface area contributed by atoms with E-state index in [9.17, 15) is 9.90 Å². The molecule has 1 atom stereocenters. The molecule has 3 N–H and O–H groups in total. The van der Waals surface area contributed by atoms with Crippen molar-refractivity contribution in [3.63, 3.8) is 0 Å². The van der Waals surface area contributed by atoms with Crippen LogP contribution in [0.15, 0.2) is 47.1 Å². The molecule has 0 fully saturated rings. The van der Waals surface area contributed by atoms with Gasteiger partial charge in [-0.1, -0.05) is 17.7 Å². The summed E-state index contributed by atoms with van der Waals surface area (Å²) in [7, 11) is 0. The molecule has 1 aromatic heterocycles. The van der Waals surface area contributed by atoms with Crippen LogP contribution in [0.5, 0.6) is 0 Å². The predicted molar refractivity (Wildman–Crippen MR) is 76.5 cm³/mol. The Balaban J connectivity index is 1.88. The van der Waals surface area contributed by atoms with Crippen molar-refractivity contribution in [1.29, 1.82) is 0 Å². The highest BCUT2D eigenvalue weighted by atomic mass is 16.4. The quantitative estimate of drug-likeness (QED) is 0.802. The Kier molecular flexibility index (Phi) is 4.10. The molecule has 2 amide bonds. The number of anilines is 1. The number of amides is 2. The average molecular weight is 274 g/mol. The van der Waals surface area contributed by atoms with Crippen LogP contribution in [0.2, 0.25) is 0 Å². The van der Waals surface area contributed by atoms with Gasteiger partial charge in [-0.15, -0.1) is 0 Å². The minimum atomic E-state index is -1.24. The predicted octanol–water partition coefficient (Wildman–Crippen LogP) is 2.62. The van der Waals surface area contributed by atoms with Gasteiger partial charge in [0.1, 0.15) is 11.4 Å². The Morgan fingerprint density at radius 3 is 2.60 bits per heavy atom. The van der Waals surface area contributed by atoms with Crippen molar-refractivity contribution in [3.05, 3.63) is 54.0 Å². The highest BCUT2D eigenvalue weighted by molar-refractivity contribution is 5.89. The lowest BCUT2D eigenvalue weighted by atomic mass is 10.0. The highest BCUT2D eigenvalue weighted by Crippen LogP contribution is 2.19. The molecule has 0 aliphatic carbocycles. The molecule has 1 unspecified atom stereocenters. The number of aliphatic hydroxyl groups is 1. The van der Waals surface area contributed by atoms with E-state index in [1.54, 1.807) is 19.1 Å². The van der Waals surface area contributed by atoms with Crippen molar-refractivity contribution in [2.75, 3.05) is 11.9 Å². The summed E-state index contributed by atoms with van der Waals surface area (Å²) in [5.41, 5.74) is 0.580. The summed E-state index contributed by atoms with van der Waals surface area (Å²) in [5.74, 6) is 0.410. The Morgan fingerprint density at radius 1 is 1.30 bits per heavy atom. The summed E-state index contributed by atoms with van der Waals surface area (Å²) in [6, 6.07) is 10.4. The Bertz CT molecular complexity index is 559. The SMILES string of the molecule is Cc1ccc(NC(=O)NCC(C)(O)c2ccco2)cc1. The summed E-state index contributed by atoms with van der Waals surface area (Å²) < 4.78 is 5.14. The molecular weight excluding hydrogens is 256 g/mol. The van der Waals surface area contributed by atoms with Crippen molar-refractivity contribution in [3.8, 4) is 0 Å².